The van der Waals surface area contributed by atoms with Crippen LogP contribution in [0.5, 0.6) is 0 Å². The van der Waals surface area contributed by atoms with Crippen molar-refractivity contribution >= 4 is 21.7 Å². The Labute approximate surface area is 154 Å². The van der Waals surface area contributed by atoms with Gasteiger partial charge < -0.3 is 10.6 Å². The number of hydrogen-bond donors (Lipinski definition) is 1. The van der Waals surface area contributed by atoms with Gasteiger partial charge in [-0.05, 0) is 50.3 Å². The Kier molecular flexibility index (Phi) is 4.86. The third-order valence-electron chi connectivity index (χ3n) is 5.83. The Morgan fingerprint density at radius 3 is 2.42 bits per heavy atom. The Balaban J connectivity index is 2.01. The summed E-state index contributed by atoms with van der Waals surface area (Å²) in [4.78, 5) is 26.6. The van der Waals surface area contributed by atoms with E-state index in [2.05, 4.69) is 0 Å². The maximum atomic E-state index is 13.6. The number of amides is 2. The average Bonchev–Trinajstić information content (AvgIpc) is 3.26. The maximum absolute atomic E-state index is 13.6. The number of nitrogens with zero attached hydrogens (tertiary/aromatic N) is 1. The number of carbonyl (C=O) groups excluding carboxylic acids is 2. The quantitative estimate of drug-likeness (QED) is 0.862. The predicted molar refractivity (Wildman–Crippen MR) is 98.2 cm³/mol. The van der Waals surface area contributed by atoms with Crippen LogP contribution in [0.25, 0.3) is 0 Å². The van der Waals surface area contributed by atoms with E-state index in [9.17, 15) is 18.0 Å². The third kappa shape index (κ3) is 2.92. The zero-order chi connectivity index (χ0) is 19.1. The number of benzene rings is 1. The van der Waals surface area contributed by atoms with Gasteiger partial charge in [-0.1, -0.05) is 25.0 Å². The third-order valence-corrected chi connectivity index (χ3v) is 8.46. The van der Waals surface area contributed by atoms with E-state index in [0.717, 1.165) is 5.56 Å². The summed E-state index contributed by atoms with van der Waals surface area (Å²) >= 11 is 0. The molecule has 142 valence electrons. The van der Waals surface area contributed by atoms with E-state index >= 15 is 0 Å². The van der Waals surface area contributed by atoms with Gasteiger partial charge in [0, 0.05) is 13.1 Å². The first-order chi connectivity index (χ1) is 12.2. The van der Waals surface area contributed by atoms with Crippen LogP contribution < -0.4 is 5.73 Å². The summed E-state index contributed by atoms with van der Waals surface area (Å²) in [5.41, 5.74) is 6.87. The van der Waals surface area contributed by atoms with Gasteiger partial charge in [-0.3, -0.25) is 9.59 Å². The average molecular weight is 378 g/mol. The van der Waals surface area contributed by atoms with Crippen LogP contribution in [0, 0.1) is 19.8 Å². The molecule has 2 amide bonds. The van der Waals surface area contributed by atoms with Gasteiger partial charge >= 0.3 is 0 Å². The molecule has 0 aromatic heterocycles. The number of carbonyl (C=O) groups is 2. The molecule has 1 aromatic rings. The van der Waals surface area contributed by atoms with Gasteiger partial charge in [-0.2, -0.15) is 0 Å². The van der Waals surface area contributed by atoms with Crippen molar-refractivity contribution in [2.75, 3.05) is 13.1 Å². The summed E-state index contributed by atoms with van der Waals surface area (Å²) in [6.07, 6.45) is 2.59. The van der Waals surface area contributed by atoms with Crippen molar-refractivity contribution in [3.05, 3.63) is 29.3 Å². The van der Waals surface area contributed by atoms with E-state index in [1.54, 1.807) is 19.1 Å². The molecule has 2 aliphatic rings. The van der Waals surface area contributed by atoms with Crippen molar-refractivity contribution in [2.24, 2.45) is 11.7 Å². The van der Waals surface area contributed by atoms with E-state index in [1.165, 1.54) is 4.90 Å². The maximum Gasteiger partial charge on any atom is 0.244 e. The van der Waals surface area contributed by atoms with Crippen LogP contribution in [-0.4, -0.2) is 43.0 Å². The first kappa shape index (κ1) is 18.9. The Morgan fingerprint density at radius 1 is 1.19 bits per heavy atom. The number of sulfone groups is 1. The second kappa shape index (κ2) is 6.68. The van der Waals surface area contributed by atoms with Gasteiger partial charge in [0.15, 0.2) is 14.6 Å². The van der Waals surface area contributed by atoms with Gasteiger partial charge in [-0.25, -0.2) is 8.42 Å². The van der Waals surface area contributed by atoms with Crippen LogP contribution in [0.3, 0.4) is 0 Å². The van der Waals surface area contributed by atoms with Gasteiger partial charge in [0.1, 0.15) is 0 Å². The summed E-state index contributed by atoms with van der Waals surface area (Å²) in [7, 11) is -3.84. The second-order valence-corrected chi connectivity index (χ2v) is 9.84. The van der Waals surface area contributed by atoms with Crippen molar-refractivity contribution in [1.82, 2.24) is 4.90 Å². The number of likely N-dealkylation sites (tertiary alicyclic amines) is 1. The highest BCUT2D eigenvalue weighted by molar-refractivity contribution is 7.93. The summed E-state index contributed by atoms with van der Waals surface area (Å²) in [6, 6.07) is 5.32. The summed E-state index contributed by atoms with van der Waals surface area (Å²) < 4.78 is 25.8. The van der Waals surface area contributed by atoms with Crippen LogP contribution in [0.15, 0.2) is 23.1 Å². The van der Waals surface area contributed by atoms with E-state index < -0.39 is 20.5 Å². The largest absolute Gasteiger partial charge is 0.369 e. The molecule has 1 aromatic carbocycles. The molecule has 1 atom stereocenters. The first-order valence-electron chi connectivity index (χ1n) is 9.09. The number of nitrogens with two attached hydrogens (primary N) is 1. The molecule has 1 saturated carbocycles. The summed E-state index contributed by atoms with van der Waals surface area (Å²) in [5.74, 6) is -1.18. The number of rotatable bonds is 4. The lowest BCUT2D eigenvalue weighted by Gasteiger charge is -2.32. The predicted octanol–water partition coefficient (Wildman–Crippen LogP) is 1.72. The van der Waals surface area contributed by atoms with Gasteiger partial charge in [0.25, 0.3) is 0 Å². The number of aryl methyl sites for hydroxylation is 2. The topological polar surface area (TPSA) is 97.5 Å². The minimum Gasteiger partial charge on any atom is -0.369 e. The fourth-order valence-corrected chi connectivity index (χ4v) is 6.66. The molecule has 2 fully saturated rings. The molecule has 3 rings (SSSR count). The van der Waals surface area contributed by atoms with E-state index in [0.29, 0.717) is 44.2 Å². The minimum atomic E-state index is -3.84. The Hall–Kier alpha value is -1.89. The monoisotopic (exact) mass is 378 g/mol. The highest BCUT2D eigenvalue weighted by atomic mass is 32.2. The molecule has 0 bridgehead atoms. The molecule has 1 aliphatic heterocycles. The molecule has 1 heterocycles. The summed E-state index contributed by atoms with van der Waals surface area (Å²) in [5, 5.41) is 0. The summed E-state index contributed by atoms with van der Waals surface area (Å²) in [6.45, 7) is 4.21. The van der Waals surface area contributed by atoms with Crippen LogP contribution in [0.2, 0.25) is 0 Å². The van der Waals surface area contributed by atoms with Gasteiger partial charge in [-0.15, -0.1) is 0 Å². The smallest absolute Gasteiger partial charge is 0.244 e. The zero-order valence-corrected chi connectivity index (χ0v) is 16.1. The SMILES string of the molecule is Cc1ccc(C)c(S(=O)(=O)C2(C(=O)N3CC[C@@H](C(N)=O)C3)CCCC2)c1. The van der Waals surface area contributed by atoms with Crippen LogP contribution in [0.4, 0.5) is 0 Å². The van der Waals surface area contributed by atoms with Crippen molar-refractivity contribution in [3.8, 4) is 0 Å². The Bertz CT molecular complexity index is 841. The van der Waals surface area contributed by atoms with E-state index in [4.69, 9.17) is 5.73 Å². The molecule has 26 heavy (non-hydrogen) atoms. The first-order valence-corrected chi connectivity index (χ1v) is 10.6. The van der Waals surface area contributed by atoms with Crippen LogP contribution >= 0.6 is 0 Å². The normalized spacial score (nSPS) is 22.5. The highest BCUT2D eigenvalue weighted by Crippen LogP contribution is 2.43. The van der Waals surface area contributed by atoms with Crippen molar-refractivity contribution in [3.63, 3.8) is 0 Å². The standard InChI is InChI=1S/C19H26N2O4S/c1-13-5-6-14(2)16(11-13)26(24,25)19(8-3-4-9-19)18(23)21-10-7-15(12-21)17(20)22/h5-6,11,15H,3-4,7-10,12H2,1-2H3,(H2,20,22)/t15-/m1/s1. The molecular weight excluding hydrogens is 352 g/mol. The molecule has 1 aliphatic carbocycles. The molecular formula is C19H26N2O4S. The molecule has 6 nitrogen and oxygen atoms in total. The molecule has 0 radical (unpaired) electrons. The lowest BCUT2D eigenvalue weighted by atomic mass is 10.1. The van der Waals surface area contributed by atoms with Crippen LogP contribution in [-0.2, 0) is 19.4 Å². The number of primary amides is 1. The molecule has 0 unspecified atom stereocenters. The fourth-order valence-electron chi connectivity index (χ4n) is 4.22. The van der Waals surface area contributed by atoms with E-state index in [-0.39, 0.29) is 23.3 Å². The lowest BCUT2D eigenvalue weighted by molar-refractivity contribution is -0.133. The molecule has 0 spiro atoms. The van der Waals surface area contributed by atoms with Crippen molar-refractivity contribution in [2.45, 2.75) is 55.6 Å². The van der Waals surface area contributed by atoms with Gasteiger partial charge in [0.2, 0.25) is 11.8 Å². The molecule has 7 heteroatoms. The fraction of sp³-hybridized carbons (Fsp3) is 0.579. The Morgan fingerprint density at radius 2 is 1.85 bits per heavy atom. The van der Waals surface area contributed by atoms with Crippen molar-refractivity contribution < 1.29 is 18.0 Å². The highest BCUT2D eigenvalue weighted by Gasteiger charge is 2.55. The molecule has 2 N–H and O–H groups in total. The number of hydrogen-bond acceptors (Lipinski definition) is 4. The lowest BCUT2D eigenvalue weighted by Crippen LogP contribution is -2.52. The van der Waals surface area contributed by atoms with E-state index in [1.807, 2.05) is 13.0 Å². The van der Waals surface area contributed by atoms with Gasteiger partial charge in [0.05, 0.1) is 10.8 Å². The van der Waals surface area contributed by atoms with Crippen molar-refractivity contribution in [1.29, 1.82) is 0 Å². The second-order valence-electron chi connectivity index (χ2n) is 7.61. The zero-order valence-electron chi connectivity index (χ0n) is 15.3. The molecule has 1 saturated heterocycles. The van der Waals surface area contributed by atoms with Crippen LogP contribution in [0.1, 0.15) is 43.2 Å². The minimum absolute atomic E-state index is 0.220.